The molecule has 2 aromatic heterocycles. The van der Waals surface area contributed by atoms with Crippen LogP contribution < -0.4 is 10.6 Å². The Hall–Kier alpha value is -1.47. The molecule has 0 unspecified atom stereocenters. The third-order valence-electron chi connectivity index (χ3n) is 2.31. The molecule has 0 fully saturated rings. The van der Waals surface area contributed by atoms with E-state index in [4.69, 9.17) is 10.3 Å². The van der Waals surface area contributed by atoms with E-state index in [0.717, 1.165) is 17.0 Å². The SMILES string of the molecule is Cc1csc(=O)n1Cc1nc(C(C)(C)N)no1. The summed E-state index contributed by atoms with van der Waals surface area (Å²) < 4.78 is 6.67. The monoisotopic (exact) mass is 254 g/mol. The smallest absolute Gasteiger partial charge is 0.307 e. The molecule has 92 valence electrons. The third kappa shape index (κ3) is 2.45. The maximum atomic E-state index is 11.5. The number of hydrogen-bond acceptors (Lipinski definition) is 6. The van der Waals surface area contributed by atoms with Gasteiger partial charge in [0.25, 0.3) is 0 Å². The second-order valence-corrected chi connectivity index (χ2v) is 5.28. The van der Waals surface area contributed by atoms with Gasteiger partial charge in [0.2, 0.25) is 5.89 Å². The van der Waals surface area contributed by atoms with Crippen LogP contribution in [-0.4, -0.2) is 14.7 Å². The Bertz CT molecular complexity index is 576. The number of aromatic nitrogens is 3. The Morgan fingerprint density at radius 2 is 2.29 bits per heavy atom. The quantitative estimate of drug-likeness (QED) is 0.877. The predicted octanol–water partition coefficient (Wildman–Crippen LogP) is 0.843. The van der Waals surface area contributed by atoms with Crippen LogP contribution in [0, 0.1) is 6.92 Å². The molecule has 0 atom stereocenters. The van der Waals surface area contributed by atoms with Gasteiger partial charge in [0.15, 0.2) is 5.82 Å². The summed E-state index contributed by atoms with van der Waals surface area (Å²) in [4.78, 5) is 15.7. The van der Waals surface area contributed by atoms with Crippen molar-refractivity contribution in [3.05, 3.63) is 32.5 Å². The van der Waals surface area contributed by atoms with Crippen molar-refractivity contribution in [3.8, 4) is 0 Å². The zero-order chi connectivity index (χ0) is 12.6. The molecule has 0 bridgehead atoms. The van der Waals surface area contributed by atoms with Crippen molar-refractivity contribution in [2.24, 2.45) is 5.73 Å². The van der Waals surface area contributed by atoms with Crippen LogP contribution in [0.15, 0.2) is 14.7 Å². The fourth-order valence-electron chi connectivity index (χ4n) is 1.31. The van der Waals surface area contributed by atoms with Crippen LogP contribution >= 0.6 is 11.3 Å². The molecule has 0 spiro atoms. The summed E-state index contributed by atoms with van der Waals surface area (Å²) in [5, 5.41) is 5.60. The molecule has 0 aliphatic rings. The summed E-state index contributed by atoms with van der Waals surface area (Å²) in [6, 6.07) is 0. The molecular formula is C10H14N4O2S. The first-order valence-corrected chi connectivity index (χ1v) is 6.03. The molecule has 0 aliphatic heterocycles. The van der Waals surface area contributed by atoms with Crippen LogP contribution in [0.5, 0.6) is 0 Å². The average Bonchev–Trinajstić information content (AvgIpc) is 2.79. The van der Waals surface area contributed by atoms with E-state index in [1.807, 2.05) is 6.92 Å². The molecule has 0 amide bonds. The lowest BCUT2D eigenvalue weighted by Gasteiger charge is -2.11. The van der Waals surface area contributed by atoms with E-state index in [2.05, 4.69) is 10.1 Å². The summed E-state index contributed by atoms with van der Waals surface area (Å²) in [5.41, 5.74) is 6.09. The topological polar surface area (TPSA) is 86.9 Å². The minimum absolute atomic E-state index is 0.0331. The molecule has 6 nitrogen and oxygen atoms in total. The van der Waals surface area contributed by atoms with Gasteiger partial charge in [-0.3, -0.25) is 9.36 Å². The molecule has 2 N–H and O–H groups in total. The van der Waals surface area contributed by atoms with E-state index in [9.17, 15) is 4.79 Å². The highest BCUT2D eigenvalue weighted by molar-refractivity contribution is 7.07. The lowest BCUT2D eigenvalue weighted by atomic mass is 10.1. The Labute approximate surface area is 102 Å². The van der Waals surface area contributed by atoms with E-state index in [0.29, 0.717) is 11.7 Å². The van der Waals surface area contributed by atoms with Crippen LogP contribution in [-0.2, 0) is 12.1 Å². The van der Waals surface area contributed by atoms with Gasteiger partial charge in [-0.1, -0.05) is 16.5 Å². The second-order valence-electron chi connectivity index (χ2n) is 4.46. The minimum Gasteiger partial charge on any atom is -0.337 e. The summed E-state index contributed by atoms with van der Waals surface area (Å²) in [7, 11) is 0. The maximum Gasteiger partial charge on any atom is 0.307 e. The largest absolute Gasteiger partial charge is 0.337 e. The van der Waals surface area contributed by atoms with Gasteiger partial charge in [0, 0.05) is 11.1 Å². The molecule has 7 heteroatoms. The van der Waals surface area contributed by atoms with Gasteiger partial charge in [-0.15, -0.1) is 0 Å². The normalized spacial score (nSPS) is 12.0. The number of aryl methyl sites for hydroxylation is 1. The van der Waals surface area contributed by atoms with E-state index < -0.39 is 5.54 Å². The first kappa shape index (κ1) is 12.0. The lowest BCUT2D eigenvalue weighted by Crippen LogP contribution is -2.30. The van der Waals surface area contributed by atoms with Crippen LogP contribution in [0.1, 0.15) is 31.3 Å². The van der Waals surface area contributed by atoms with Crippen molar-refractivity contribution in [1.29, 1.82) is 0 Å². The zero-order valence-electron chi connectivity index (χ0n) is 9.93. The highest BCUT2D eigenvalue weighted by atomic mass is 32.1. The summed E-state index contributed by atoms with van der Waals surface area (Å²) in [6.45, 7) is 5.74. The summed E-state index contributed by atoms with van der Waals surface area (Å²) >= 11 is 1.16. The number of rotatable bonds is 3. The Morgan fingerprint density at radius 1 is 1.59 bits per heavy atom. The molecule has 2 heterocycles. The van der Waals surface area contributed by atoms with Crippen molar-refractivity contribution in [2.45, 2.75) is 32.9 Å². The van der Waals surface area contributed by atoms with E-state index in [1.54, 1.807) is 23.8 Å². The highest BCUT2D eigenvalue weighted by Crippen LogP contribution is 2.13. The van der Waals surface area contributed by atoms with Crippen molar-refractivity contribution in [3.63, 3.8) is 0 Å². The Balaban J connectivity index is 2.26. The van der Waals surface area contributed by atoms with E-state index in [1.165, 1.54) is 0 Å². The van der Waals surface area contributed by atoms with Crippen LogP contribution in [0.3, 0.4) is 0 Å². The second kappa shape index (κ2) is 4.08. The Kier molecular flexibility index (Phi) is 2.88. The number of hydrogen-bond donors (Lipinski definition) is 1. The van der Waals surface area contributed by atoms with Gasteiger partial charge >= 0.3 is 4.87 Å². The van der Waals surface area contributed by atoms with Gasteiger partial charge in [0.1, 0.15) is 6.54 Å². The fraction of sp³-hybridized carbons (Fsp3) is 0.500. The molecule has 0 saturated carbocycles. The van der Waals surface area contributed by atoms with Crippen molar-refractivity contribution >= 4 is 11.3 Å². The van der Waals surface area contributed by atoms with Crippen LogP contribution in [0.4, 0.5) is 0 Å². The molecule has 0 radical (unpaired) electrons. The van der Waals surface area contributed by atoms with Crippen molar-refractivity contribution in [2.75, 3.05) is 0 Å². The summed E-state index contributed by atoms with van der Waals surface area (Å²) in [6.07, 6.45) is 0. The first-order valence-electron chi connectivity index (χ1n) is 5.15. The van der Waals surface area contributed by atoms with Crippen molar-refractivity contribution < 1.29 is 4.52 Å². The zero-order valence-corrected chi connectivity index (χ0v) is 10.7. The minimum atomic E-state index is -0.642. The van der Waals surface area contributed by atoms with Gasteiger partial charge < -0.3 is 10.3 Å². The van der Waals surface area contributed by atoms with Gasteiger partial charge in [-0.2, -0.15) is 4.98 Å². The summed E-state index contributed by atoms with van der Waals surface area (Å²) in [5.74, 6) is 0.829. The molecule has 0 aromatic carbocycles. The lowest BCUT2D eigenvalue weighted by molar-refractivity contribution is 0.354. The molecule has 2 aromatic rings. The average molecular weight is 254 g/mol. The van der Waals surface area contributed by atoms with Crippen LogP contribution in [0.25, 0.3) is 0 Å². The van der Waals surface area contributed by atoms with E-state index in [-0.39, 0.29) is 11.4 Å². The standard InChI is InChI=1S/C10H14N4O2S/c1-6-5-17-9(15)14(6)4-7-12-8(13-16-7)10(2,3)11/h5H,4,11H2,1-3H3. The predicted molar refractivity (Wildman–Crippen MR) is 63.9 cm³/mol. The molecule has 2 rings (SSSR count). The third-order valence-corrected chi connectivity index (χ3v) is 3.20. The number of thiazole rings is 1. The van der Waals surface area contributed by atoms with Gasteiger partial charge in [-0.25, -0.2) is 0 Å². The van der Waals surface area contributed by atoms with Gasteiger partial charge in [-0.05, 0) is 20.8 Å². The first-order chi connectivity index (χ1) is 7.88. The Morgan fingerprint density at radius 3 is 2.76 bits per heavy atom. The van der Waals surface area contributed by atoms with Crippen LogP contribution in [0.2, 0.25) is 0 Å². The molecule has 0 aliphatic carbocycles. The van der Waals surface area contributed by atoms with E-state index >= 15 is 0 Å². The van der Waals surface area contributed by atoms with Crippen molar-refractivity contribution in [1.82, 2.24) is 14.7 Å². The fourth-order valence-corrected chi connectivity index (χ4v) is 2.05. The highest BCUT2D eigenvalue weighted by Gasteiger charge is 2.21. The number of nitrogens with zero attached hydrogens (tertiary/aromatic N) is 3. The maximum absolute atomic E-state index is 11.5. The number of nitrogens with two attached hydrogens (primary N) is 1. The molecular weight excluding hydrogens is 240 g/mol. The molecule has 0 saturated heterocycles. The molecule has 17 heavy (non-hydrogen) atoms. The van der Waals surface area contributed by atoms with Gasteiger partial charge in [0.05, 0.1) is 5.54 Å².